The van der Waals surface area contributed by atoms with E-state index < -0.39 is 11.7 Å². The van der Waals surface area contributed by atoms with Crippen LogP contribution in [-0.2, 0) is 9.47 Å². The number of carbonyl (C=O) groups excluding carboxylic acids is 1. The smallest absolute Gasteiger partial charge is 0.408 e. The Kier molecular flexibility index (Phi) is 5.19. The monoisotopic (exact) mass is 304 g/mol. The molecule has 0 aromatic carbocycles. The summed E-state index contributed by atoms with van der Waals surface area (Å²) < 4.78 is 10.7. The summed E-state index contributed by atoms with van der Waals surface area (Å²) in [5, 5.41) is 2.87. The van der Waals surface area contributed by atoms with Crippen LogP contribution in [0.15, 0.2) is 24.0 Å². The third-order valence-corrected chi connectivity index (χ3v) is 3.30. The van der Waals surface area contributed by atoms with Crippen LogP contribution in [-0.4, -0.2) is 29.9 Å². The second-order valence-corrected chi connectivity index (χ2v) is 6.48. The number of pyridine rings is 1. The summed E-state index contributed by atoms with van der Waals surface area (Å²) in [4.78, 5) is 16.1. The second kappa shape index (κ2) is 6.92. The summed E-state index contributed by atoms with van der Waals surface area (Å²) in [6.07, 6.45) is 6.17. The van der Waals surface area contributed by atoms with Gasteiger partial charge in [-0.25, -0.2) is 4.79 Å². The van der Waals surface area contributed by atoms with Gasteiger partial charge in [0, 0.05) is 12.4 Å². The molecule has 1 N–H and O–H groups in total. The van der Waals surface area contributed by atoms with E-state index in [4.69, 9.17) is 9.47 Å². The van der Waals surface area contributed by atoms with Gasteiger partial charge >= 0.3 is 6.09 Å². The minimum atomic E-state index is -0.506. The van der Waals surface area contributed by atoms with Gasteiger partial charge in [-0.1, -0.05) is 6.08 Å². The number of nitrogens with zero attached hydrogens (tertiary/aromatic N) is 1. The predicted molar refractivity (Wildman–Crippen MR) is 85.4 cm³/mol. The molecule has 1 fully saturated rings. The Morgan fingerprint density at radius 3 is 2.91 bits per heavy atom. The molecule has 0 bridgehead atoms. The lowest BCUT2D eigenvalue weighted by Gasteiger charge is -2.22. The van der Waals surface area contributed by atoms with E-state index in [0.29, 0.717) is 6.61 Å². The maximum absolute atomic E-state index is 11.9. The van der Waals surface area contributed by atoms with Gasteiger partial charge in [0.2, 0.25) is 0 Å². The molecule has 1 aliphatic heterocycles. The predicted octanol–water partition coefficient (Wildman–Crippen LogP) is 3.47. The maximum atomic E-state index is 11.9. The zero-order valence-electron chi connectivity index (χ0n) is 13.7. The Labute approximate surface area is 131 Å². The fourth-order valence-electron chi connectivity index (χ4n) is 2.31. The number of amides is 1. The maximum Gasteiger partial charge on any atom is 0.408 e. The number of hydrogen-bond acceptors (Lipinski definition) is 4. The molecule has 1 amide bonds. The number of hydrogen-bond donors (Lipinski definition) is 1. The summed E-state index contributed by atoms with van der Waals surface area (Å²) in [5.74, 6) is 0. The molecule has 1 aliphatic rings. The number of nitrogens with one attached hydrogen (secondary N) is 1. The highest BCUT2D eigenvalue weighted by Crippen LogP contribution is 2.22. The Bertz CT molecular complexity index is 553. The Morgan fingerprint density at radius 2 is 2.27 bits per heavy atom. The van der Waals surface area contributed by atoms with E-state index in [2.05, 4.69) is 16.4 Å². The van der Waals surface area contributed by atoms with Crippen LogP contribution in [0.2, 0.25) is 0 Å². The highest BCUT2D eigenvalue weighted by molar-refractivity contribution is 5.69. The van der Waals surface area contributed by atoms with Crippen molar-refractivity contribution in [3.63, 3.8) is 0 Å². The van der Waals surface area contributed by atoms with Crippen molar-refractivity contribution in [2.45, 2.75) is 45.8 Å². The van der Waals surface area contributed by atoms with Gasteiger partial charge in [0.15, 0.2) is 0 Å². The number of aromatic nitrogens is 1. The number of rotatable bonds is 3. The van der Waals surface area contributed by atoms with Crippen LogP contribution >= 0.6 is 0 Å². The molecule has 2 heterocycles. The van der Waals surface area contributed by atoms with Crippen molar-refractivity contribution in [3.8, 4) is 0 Å². The highest BCUT2D eigenvalue weighted by Gasteiger charge is 2.19. The first-order chi connectivity index (χ1) is 10.3. The molecule has 1 aromatic heterocycles. The van der Waals surface area contributed by atoms with Gasteiger partial charge in [0.25, 0.3) is 0 Å². The standard InChI is InChI=1S/C17H24N2O3/c1-12(19-16(20)22-17(2,3)4)15-5-7-18-10-14(15)9-13-6-8-21-11-13/h5,7,9-10,12H,6,8,11H2,1-4H3,(H,19,20)/b13-9+. The molecule has 1 atom stereocenters. The van der Waals surface area contributed by atoms with E-state index in [1.165, 1.54) is 5.57 Å². The van der Waals surface area contributed by atoms with Crippen molar-refractivity contribution in [2.24, 2.45) is 0 Å². The lowest BCUT2D eigenvalue weighted by molar-refractivity contribution is 0.0508. The first-order valence-electron chi connectivity index (χ1n) is 7.56. The average molecular weight is 304 g/mol. The minimum absolute atomic E-state index is 0.160. The SMILES string of the molecule is CC(NC(=O)OC(C)(C)C)c1ccncc1/C=C1\CCOC1. The topological polar surface area (TPSA) is 60.5 Å². The molecule has 0 aliphatic carbocycles. The fourth-order valence-corrected chi connectivity index (χ4v) is 2.31. The normalized spacial score (nSPS) is 18.3. The molecule has 0 saturated carbocycles. The highest BCUT2D eigenvalue weighted by atomic mass is 16.6. The number of alkyl carbamates (subject to hydrolysis) is 1. The van der Waals surface area contributed by atoms with Crippen LogP contribution in [0.5, 0.6) is 0 Å². The largest absolute Gasteiger partial charge is 0.444 e. The molecule has 2 rings (SSSR count). The fraction of sp³-hybridized carbons (Fsp3) is 0.529. The zero-order chi connectivity index (χ0) is 16.2. The number of carbonyl (C=O) groups is 1. The van der Waals surface area contributed by atoms with Crippen LogP contribution < -0.4 is 5.32 Å². The molecule has 5 nitrogen and oxygen atoms in total. The van der Waals surface area contributed by atoms with E-state index >= 15 is 0 Å². The summed E-state index contributed by atoms with van der Waals surface area (Å²) >= 11 is 0. The zero-order valence-corrected chi connectivity index (χ0v) is 13.7. The van der Waals surface area contributed by atoms with Crippen molar-refractivity contribution in [3.05, 3.63) is 35.2 Å². The van der Waals surface area contributed by atoms with Gasteiger partial charge in [0.1, 0.15) is 5.60 Å². The Balaban J connectivity index is 2.11. The van der Waals surface area contributed by atoms with Gasteiger partial charge in [-0.3, -0.25) is 4.98 Å². The lowest BCUT2D eigenvalue weighted by atomic mass is 10.0. The second-order valence-electron chi connectivity index (χ2n) is 6.48. The third-order valence-electron chi connectivity index (χ3n) is 3.30. The first kappa shape index (κ1) is 16.5. The van der Waals surface area contributed by atoms with E-state index in [1.807, 2.05) is 40.0 Å². The van der Waals surface area contributed by atoms with Crippen molar-refractivity contribution < 1.29 is 14.3 Å². The molecule has 120 valence electrons. The number of ether oxygens (including phenoxy) is 2. The van der Waals surface area contributed by atoms with Gasteiger partial charge in [-0.2, -0.15) is 0 Å². The molecule has 1 aromatic rings. The Morgan fingerprint density at radius 1 is 1.50 bits per heavy atom. The van der Waals surface area contributed by atoms with E-state index in [9.17, 15) is 4.79 Å². The van der Waals surface area contributed by atoms with Gasteiger partial charge < -0.3 is 14.8 Å². The molecular weight excluding hydrogens is 280 g/mol. The van der Waals surface area contributed by atoms with Gasteiger partial charge in [-0.05, 0) is 56.9 Å². The van der Waals surface area contributed by atoms with Crippen LogP contribution in [0.25, 0.3) is 6.08 Å². The molecular formula is C17H24N2O3. The van der Waals surface area contributed by atoms with Crippen molar-refractivity contribution in [1.82, 2.24) is 10.3 Å². The molecule has 1 saturated heterocycles. The minimum Gasteiger partial charge on any atom is -0.444 e. The van der Waals surface area contributed by atoms with Crippen LogP contribution in [0, 0.1) is 0 Å². The van der Waals surface area contributed by atoms with E-state index in [-0.39, 0.29) is 6.04 Å². The average Bonchev–Trinajstić information content (AvgIpc) is 2.89. The molecule has 0 spiro atoms. The molecule has 22 heavy (non-hydrogen) atoms. The van der Waals surface area contributed by atoms with Crippen LogP contribution in [0.4, 0.5) is 4.79 Å². The lowest BCUT2D eigenvalue weighted by Crippen LogP contribution is -2.34. The third kappa shape index (κ3) is 4.84. The summed E-state index contributed by atoms with van der Waals surface area (Å²) in [6, 6.07) is 1.76. The van der Waals surface area contributed by atoms with Crippen LogP contribution in [0.1, 0.15) is 51.3 Å². The molecule has 5 heteroatoms. The summed E-state index contributed by atoms with van der Waals surface area (Å²) in [6.45, 7) is 8.92. The molecule has 0 radical (unpaired) electrons. The molecule has 1 unspecified atom stereocenters. The van der Waals surface area contributed by atoms with Crippen molar-refractivity contribution in [1.29, 1.82) is 0 Å². The van der Waals surface area contributed by atoms with Gasteiger partial charge in [0.05, 0.1) is 19.3 Å². The quantitative estimate of drug-likeness (QED) is 0.929. The first-order valence-corrected chi connectivity index (χ1v) is 7.56. The van der Waals surface area contributed by atoms with Crippen molar-refractivity contribution >= 4 is 12.2 Å². The van der Waals surface area contributed by atoms with E-state index in [1.54, 1.807) is 6.20 Å². The summed E-state index contributed by atoms with van der Waals surface area (Å²) in [7, 11) is 0. The van der Waals surface area contributed by atoms with E-state index in [0.717, 1.165) is 24.2 Å². The van der Waals surface area contributed by atoms with Crippen LogP contribution in [0.3, 0.4) is 0 Å². The van der Waals surface area contributed by atoms with Gasteiger partial charge in [-0.15, -0.1) is 0 Å². The summed E-state index contributed by atoms with van der Waals surface area (Å²) in [5.41, 5.74) is 2.76. The Hall–Kier alpha value is -1.88. The van der Waals surface area contributed by atoms with Crippen molar-refractivity contribution in [2.75, 3.05) is 13.2 Å².